The molecule has 0 fully saturated rings. The predicted octanol–water partition coefficient (Wildman–Crippen LogP) is 3.05. The second-order valence-electron chi connectivity index (χ2n) is 3.59. The SMILES string of the molecule is Cc1nc(C)nc(-c2cccc(CBr)c2)n1. The van der Waals surface area contributed by atoms with Crippen LogP contribution in [0.3, 0.4) is 0 Å². The first-order valence-electron chi connectivity index (χ1n) is 5.03. The second-order valence-corrected chi connectivity index (χ2v) is 4.15. The molecule has 16 heavy (non-hydrogen) atoms. The van der Waals surface area contributed by atoms with Crippen LogP contribution in [0.25, 0.3) is 11.4 Å². The standard InChI is InChI=1S/C12H12BrN3/c1-8-14-9(2)16-12(15-8)11-5-3-4-10(6-11)7-13/h3-6H,7H2,1-2H3. The minimum Gasteiger partial charge on any atom is -0.219 e. The summed E-state index contributed by atoms with van der Waals surface area (Å²) in [6, 6.07) is 8.18. The van der Waals surface area contributed by atoms with Crippen LogP contribution in [0.5, 0.6) is 0 Å². The molecular weight excluding hydrogens is 266 g/mol. The summed E-state index contributed by atoms with van der Waals surface area (Å²) < 4.78 is 0. The summed E-state index contributed by atoms with van der Waals surface area (Å²) in [7, 11) is 0. The Morgan fingerprint density at radius 3 is 2.38 bits per heavy atom. The van der Waals surface area contributed by atoms with Gasteiger partial charge in [-0.3, -0.25) is 0 Å². The first kappa shape index (κ1) is 11.2. The van der Waals surface area contributed by atoms with Crippen LogP contribution < -0.4 is 0 Å². The molecule has 1 aromatic carbocycles. The molecule has 82 valence electrons. The highest BCUT2D eigenvalue weighted by molar-refractivity contribution is 9.08. The first-order valence-corrected chi connectivity index (χ1v) is 6.16. The van der Waals surface area contributed by atoms with Crippen LogP contribution >= 0.6 is 15.9 Å². The number of hydrogen-bond donors (Lipinski definition) is 0. The molecule has 0 aliphatic heterocycles. The van der Waals surface area contributed by atoms with Gasteiger partial charge in [-0.15, -0.1) is 0 Å². The van der Waals surface area contributed by atoms with Crippen molar-refractivity contribution in [2.45, 2.75) is 19.2 Å². The number of aromatic nitrogens is 3. The summed E-state index contributed by atoms with van der Waals surface area (Å²) in [4.78, 5) is 12.9. The fourth-order valence-electron chi connectivity index (χ4n) is 1.54. The Bertz CT molecular complexity index is 491. The summed E-state index contributed by atoms with van der Waals surface area (Å²) in [6.07, 6.45) is 0. The van der Waals surface area contributed by atoms with Gasteiger partial charge in [0.2, 0.25) is 0 Å². The number of halogens is 1. The Balaban J connectivity index is 2.49. The molecule has 2 rings (SSSR count). The minimum atomic E-state index is 0.743. The Labute approximate surface area is 103 Å². The van der Waals surface area contributed by atoms with Crippen molar-refractivity contribution >= 4 is 15.9 Å². The van der Waals surface area contributed by atoms with Gasteiger partial charge in [-0.05, 0) is 25.5 Å². The van der Waals surface area contributed by atoms with Gasteiger partial charge in [0.25, 0.3) is 0 Å². The highest BCUT2D eigenvalue weighted by Gasteiger charge is 2.04. The van der Waals surface area contributed by atoms with E-state index >= 15 is 0 Å². The Hall–Kier alpha value is -1.29. The lowest BCUT2D eigenvalue weighted by Crippen LogP contribution is -1.98. The summed E-state index contributed by atoms with van der Waals surface area (Å²) >= 11 is 3.44. The molecule has 0 radical (unpaired) electrons. The molecule has 1 aromatic heterocycles. The van der Waals surface area contributed by atoms with Crippen molar-refractivity contribution in [1.82, 2.24) is 15.0 Å². The maximum absolute atomic E-state index is 4.34. The first-order chi connectivity index (χ1) is 7.69. The van der Waals surface area contributed by atoms with E-state index in [-0.39, 0.29) is 0 Å². The molecule has 0 amide bonds. The van der Waals surface area contributed by atoms with Gasteiger partial charge in [0.05, 0.1) is 0 Å². The van der Waals surface area contributed by atoms with Crippen LogP contribution in [-0.2, 0) is 5.33 Å². The zero-order valence-electron chi connectivity index (χ0n) is 9.24. The average molecular weight is 278 g/mol. The number of hydrogen-bond acceptors (Lipinski definition) is 3. The van der Waals surface area contributed by atoms with Gasteiger partial charge in [0.15, 0.2) is 5.82 Å². The van der Waals surface area contributed by atoms with Crippen LogP contribution in [0.4, 0.5) is 0 Å². The number of benzene rings is 1. The third-order valence-electron chi connectivity index (χ3n) is 2.20. The van der Waals surface area contributed by atoms with Crippen molar-refractivity contribution in [3.63, 3.8) is 0 Å². The third-order valence-corrected chi connectivity index (χ3v) is 2.85. The number of alkyl halides is 1. The maximum Gasteiger partial charge on any atom is 0.163 e. The van der Waals surface area contributed by atoms with Gasteiger partial charge in [-0.2, -0.15) is 0 Å². The lowest BCUT2D eigenvalue weighted by Gasteiger charge is -2.03. The molecule has 0 aliphatic rings. The zero-order chi connectivity index (χ0) is 11.5. The molecule has 0 aliphatic carbocycles. The van der Waals surface area contributed by atoms with Crippen molar-refractivity contribution in [3.8, 4) is 11.4 Å². The Kier molecular flexibility index (Phi) is 3.29. The van der Waals surface area contributed by atoms with Crippen LogP contribution in [0, 0.1) is 13.8 Å². The van der Waals surface area contributed by atoms with Crippen LogP contribution in [-0.4, -0.2) is 15.0 Å². The smallest absolute Gasteiger partial charge is 0.163 e. The van der Waals surface area contributed by atoms with E-state index in [2.05, 4.69) is 43.0 Å². The fourth-order valence-corrected chi connectivity index (χ4v) is 1.89. The molecule has 4 heteroatoms. The summed E-state index contributed by atoms with van der Waals surface area (Å²) in [6.45, 7) is 3.76. The zero-order valence-corrected chi connectivity index (χ0v) is 10.8. The van der Waals surface area contributed by atoms with Gasteiger partial charge in [0, 0.05) is 10.9 Å². The monoisotopic (exact) mass is 277 g/mol. The maximum atomic E-state index is 4.34. The Morgan fingerprint density at radius 1 is 1.06 bits per heavy atom. The molecule has 2 aromatic rings. The van der Waals surface area contributed by atoms with E-state index in [4.69, 9.17) is 0 Å². The van der Waals surface area contributed by atoms with Crippen LogP contribution in [0.2, 0.25) is 0 Å². The van der Waals surface area contributed by atoms with Crippen LogP contribution in [0.1, 0.15) is 17.2 Å². The predicted molar refractivity (Wildman–Crippen MR) is 67.4 cm³/mol. The molecule has 0 bridgehead atoms. The number of aryl methyl sites for hydroxylation is 2. The Morgan fingerprint density at radius 2 is 1.75 bits per heavy atom. The third kappa shape index (κ3) is 2.44. The van der Waals surface area contributed by atoms with E-state index < -0.39 is 0 Å². The van der Waals surface area contributed by atoms with Gasteiger partial charge in [-0.25, -0.2) is 15.0 Å². The van der Waals surface area contributed by atoms with Gasteiger partial charge in [0.1, 0.15) is 11.6 Å². The van der Waals surface area contributed by atoms with E-state index in [1.807, 2.05) is 26.0 Å². The molecule has 0 spiro atoms. The van der Waals surface area contributed by atoms with Crippen molar-refractivity contribution in [2.24, 2.45) is 0 Å². The van der Waals surface area contributed by atoms with Crippen molar-refractivity contribution < 1.29 is 0 Å². The van der Waals surface area contributed by atoms with E-state index in [1.54, 1.807) is 0 Å². The van der Waals surface area contributed by atoms with Crippen molar-refractivity contribution in [1.29, 1.82) is 0 Å². The summed E-state index contributed by atoms with van der Waals surface area (Å²) in [5, 5.41) is 0.837. The number of rotatable bonds is 2. The average Bonchev–Trinajstić information content (AvgIpc) is 2.28. The molecule has 0 saturated carbocycles. The molecule has 0 saturated heterocycles. The minimum absolute atomic E-state index is 0.743. The van der Waals surface area contributed by atoms with Gasteiger partial charge < -0.3 is 0 Å². The normalized spacial score (nSPS) is 10.4. The molecule has 1 heterocycles. The molecular formula is C12H12BrN3. The molecule has 0 atom stereocenters. The highest BCUT2D eigenvalue weighted by Crippen LogP contribution is 2.17. The van der Waals surface area contributed by atoms with Gasteiger partial charge >= 0.3 is 0 Å². The van der Waals surface area contributed by atoms with E-state index in [0.29, 0.717) is 0 Å². The fraction of sp³-hybridized carbons (Fsp3) is 0.250. The van der Waals surface area contributed by atoms with E-state index in [1.165, 1.54) is 5.56 Å². The van der Waals surface area contributed by atoms with E-state index in [0.717, 1.165) is 28.4 Å². The largest absolute Gasteiger partial charge is 0.219 e. The lowest BCUT2D eigenvalue weighted by molar-refractivity contribution is 0.928. The molecule has 0 N–H and O–H groups in total. The van der Waals surface area contributed by atoms with Crippen LogP contribution in [0.15, 0.2) is 24.3 Å². The highest BCUT2D eigenvalue weighted by atomic mass is 79.9. The van der Waals surface area contributed by atoms with Crippen molar-refractivity contribution in [3.05, 3.63) is 41.5 Å². The topological polar surface area (TPSA) is 38.7 Å². The molecule has 3 nitrogen and oxygen atoms in total. The summed E-state index contributed by atoms with van der Waals surface area (Å²) in [5.74, 6) is 2.26. The molecule has 0 unspecified atom stereocenters. The quantitative estimate of drug-likeness (QED) is 0.792. The summed E-state index contributed by atoms with van der Waals surface area (Å²) in [5.41, 5.74) is 2.25. The number of nitrogens with zero attached hydrogens (tertiary/aromatic N) is 3. The second kappa shape index (κ2) is 4.70. The van der Waals surface area contributed by atoms with Gasteiger partial charge in [-0.1, -0.05) is 34.1 Å². The lowest BCUT2D eigenvalue weighted by atomic mass is 10.1. The van der Waals surface area contributed by atoms with E-state index in [9.17, 15) is 0 Å². The van der Waals surface area contributed by atoms with Crippen molar-refractivity contribution in [2.75, 3.05) is 0 Å².